The fourth-order valence-electron chi connectivity index (χ4n) is 1.27. The van der Waals surface area contributed by atoms with Gasteiger partial charge in [0.1, 0.15) is 5.82 Å². The molecule has 0 fully saturated rings. The first-order chi connectivity index (χ1) is 9.31. The van der Waals surface area contributed by atoms with Crippen molar-refractivity contribution in [2.24, 2.45) is 0 Å². The summed E-state index contributed by atoms with van der Waals surface area (Å²) in [5.74, 6) is -1.96. The maximum Gasteiger partial charge on any atom is 0.335 e. The molecule has 2 amide bonds. The first-order valence-electron chi connectivity index (χ1n) is 5.71. The van der Waals surface area contributed by atoms with E-state index in [4.69, 9.17) is 5.11 Å². The molecule has 1 rings (SSSR count). The van der Waals surface area contributed by atoms with Crippen LogP contribution in [0.1, 0.15) is 17.3 Å². The van der Waals surface area contributed by atoms with Crippen LogP contribution in [0.25, 0.3) is 0 Å². The summed E-state index contributed by atoms with van der Waals surface area (Å²) in [6, 6.07) is 2.40. The molecule has 8 heteroatoms. The molecule has 2 unspecified atom stereocenters. The number of amides is 2. The first kappa shape index (κ1) is 16.1. The predicted octanol–water partition coefficient (Wildman–Crippen LogP) is 1.41. The fourth-order valence-corrected chi connectivity index (χ4v) is 1.59. The Morgan fingerprint density at radius 1 is 1.45 bits per heavy atom. The van der Waals surface area contributed by atoms with Crippen molar-refractivity contribution >= 4 is 28.5 Å². The third-order valence-corrected chi connectivity index (χ3v) is 3.88. The van der Waals surface area contributed by atoms with Crippen LogP contribution < -0.4 is 10.6 Å². The van der Waals surface area contributed by atoms with Gasteiger partial charge in [0.15, 0.2) is 0 Å². The number of aromatic carboxylic acids is 1. The summed E-state index contributed by atoms with van der Waals surface area (Å²) in [4.78, 5) is 22.3. The first-order valence-corrected chi connectivity index (χ1v) is 7.33. The third-order valence-electron chi connectivity index (χ3n) is 2.58. The highest BCUT2D eigenvalue weighted by Crippen LogP contribution is 2.16. The monoisotopic (exact) mass is 302 g/mol. The van der Waals surface area contributed by atoms with E-state index in [1.165, 1.54) is 6.26 Å². The number of anilines is 1. The van der Waals surface area contributed by atoms with Gasteiger partial charge < -0.3 is 15.7 Å². The molecule has 0 aliphatic carbocycles. The second-order valence-corrected chi connectivity index (χ2v) is 5.95. The number of carbonyl (C=O) groups excluding carboxylic acids is 1. The third kappa shape index (κ3) is 4.61. The number of carbonyl (C=O) groups is 2. The molecule has 0 saturated heterocycles. The van der Waals surface area contributed by atoms with Crippen LogP contribution in [0.2, 0.25) is 0 Å². The van der Waals surface area contributed by atoms with Crippen molar-refractivity contribution in [2.45, 2.75) is 12.2 Å². The van der Waals surface area contributed by atoms with Crippen molar-refractivity contribution in [3.05, 3.63) is 29.6 Å². The molecule has 6 nitrogen and oxygen atoms in total. The molecule has 0 aliphatic heterocycles. The fraction of sp³-hybridized carbons (Fsp3) is 0.333. The highest BCUT2D eigenvalue weighted by molar-refractivity contribution is 7.84. The zero-order valence-electron chi connectivity index (χ0n) is 11.0. The Morgan fingerprint density at radius 2 is 2.10 bits per heavy atom. The molecular formula is C12H15FN2O4S. The van der Waals surface area contributed by atoms with Crippen LogP contribution in [0.5, 0.6) is 0 Å². The van der Waals surface area contributed by atoms with Gasteiger partial charge in [0, 0.05) is 28.9 Å². The van der Waals surface area contributed by atoms with Gasteiger partial charge in [-0.2, -0.15) is 0 Å². The van der Waals surface area contributed by atoms with E-state index in [9.17, 15) is 18.2 Å². The van der Waals surface area contributed by atoms with Crippen molar-refractivity contribution in [2.75, 3.05) is 18.1 Å². The van der Waals surface area contributed by atoms with E-state index in [1.807, 2.05) is 0 Å². The van der Waals surface area contributed by atoms with Crippen molar-refractivity contribution in [3.8, 4) is 0 Å². The minimum Gasteiger partial charge on any atom is -0.478 e. The lowest BCUT2D eigenvalue weighted by Gasteiger charge is -2.11. The number of rotatable bonds is 5. The minimum atomic E-state index is -1.22. The van der Waals surface area contributed by atoms with E-state index in [0.29, 0.717) is 0 Å². The molecule has 0 aliphatic rings. The predicted molar refractivity (Wildman–Crippen MR) is 73.9 cm³/mol. The van der Waals surface area contributed by atoms with Gasteiger partial charge in [-0.05, 0) is 25.1 Å². The number of carboxylic acid groups (broad SMARTS) is 1. The van der Waals surface area contributed by atoms with E-state index in [0.717, 1.165) is 18.2 Å². The summed E-state index contributed by atoms with van der Waals surface area (Å²) in [7, 11) is -1.08. The largest absolute Gasteiger partial charge is 0.478 e. The van der Waals surface area contributed by atoms with Gasteiger partial charge in [-0.1, -0.05) is 0 Å². The summed E-state index contributed by atoms with van der Waals surface area (Å²) >= 11 is 0. The summed E-state index contributed by atoms with van der Waals surface area (Å²) in [6.07, 6.45) is 1.51. The lowest BCUT2D eigenvalue weighted by Crippen LogP contribution is -2.35. The molecular weight excluding hydrogens is 287 g/mol. The molecule has 0 saturated carbocycles. The van der Waals surface area contributed by atoms with Gasteiger partial charge >= 0.3 is 12.0 Å². The topological polar surface area (TPSA) is 95.5 Å². The normalized spacial score (nSPS) is 13.3. The quantitative estimate of drug-likeness (QED) is 0.766. The number of urea groups is 1. The molecule has 2 atom stereocenters. The second-order valence-electron chi connectivity index (χ2n) is 4.14. The molecule has 0 spiro atoms. The summed E-state index contributed by atoms with van der Waals surface area (Å²) in [6.45, 7) is 1.86. The molecule has 3 N–H and O–H groups in total. The van der Waals surface area contributed by atoms with Crippen LogP contribution in [0.4, 0.5) is 14.9 Å². The Hall–Kier alpha value is -1.96. The Bertz CT molecular complexity index is 550. The number of benzene rings is 1. The average Bonchev–Trinajstić information content (AvgIpc) is 2.38. The van der Waals surface area contributed by atoms with Gasteiger partial charge in [0.05, 0.1) is 11.3 Å². The molecule has 0 heterocycles. The zero-order chi connectivity index (χ0) is 15.3. The smallest absolute Gasteiger partial charge is 0.335 e. The summed E-state index contributed by atoms with van der Waals surface area (Å²) < 4.78 is 24.5. The molecule has 20 heavy (non-hydrogen) atoms. The van der Waals surface area contributed by atoms with E-state index in [-0.39, 0.29) is 23.0 Å². The highest BCUT2D eigenvalue weighted by Gasteiger charge is 2.12. The SMILES string of the molecule is CC(CNC(=O)Nc1cc(C(=O)O)ccc1F)S(C)=O. The van der Waals surface area contributed by atoms with E-state index in [1.54, 1.807) is 6.92 Å². The average molecular weight is 302 g/mol. The van der Waals surface area contributed by atoms with E-state index < -0.39 is 28.6 Å². The molecule has 110 valence electrons. The van der Waals surface area contributed by atoms with Gasteiger partial charge in [-0.15, -0.1) is 0 Å². The van der Waals surface area contributed by atoms with Crippen LogP contribution in [-0.4, -0.2) is 39.4 Å². The Kier molecular flexibility index (Phi) is 5.63. The van der Waals surface area contributed by atoms with Crippen molar-refractivity contribution in [1.29, 1.82) is 0 Å². The van der Waals surface area contributed by atoms with Crippen LogP contribution in [-0.2, 0) is 10.8 Å². The van der Waals surface area contributed by atoms with Crippen LogP contribution >= 0.6 is 0 Å². The standard InChI is InChI=1S/C12H15FN2O4S/c1-7(20(2)19)6-14-12(18)15-10-5-8(11(16)17)3-4-9(10)13/h3-5,7H,6H2,1-2H3,(H,16,17)(H2,14,15,18). The Morgan fingerprint density at radius 3 is 2.65 bits per heavy atom. The van der Waals surface area contributed by atoms with Gasteiger partial charge in [0.2, 0.25) is 0 Å². The van der Waals surface area contributed by atoms with Crippen molar-refractivity contribution in [3.63, 3.8) is 0 Å². The van der Waals surface area contributed by atoms with Gasteiger partial charge in [-0.25, -0.2) is 14.0 Å². The highest BCUT2D eigenvalue weighted by atomic mass is 32.2. The number of hydrogen-bond acceptors (Lipinski definition) is 3. The molecule has 1 aromatic rings. The number of hydrogen-bond donors (Lipinski definition) is 3. The van der Waals surface area contributed by atoms with Crippen molar-refractivity contribution < 1.29 is 23.3 Å². The van der Waals surface area contributed by atoms with E-state index >= 15 is 0 Å². The van der Waals surface area contributed by atoms with Crippen molar-refractivity contribution in [1.82, 2.24) is 5.32 Å². The Balaban J connectivity index is 2.68. The second kappa shape index (κ2) is 6.99. The number of halogens is 1. The molecule has 1 aromatic carbocycles. The molecule has 0 aromatic heterocycles. The van der Waals surface area contributed by atoms with Gasteiger partial charge in [0.25, 0.3) is 0 Å². The molecule has 0 radical (unpaired) electrons. The minimum absolute atomic E-state index is 0.135. The Labute approximate surface area is 117 Å². The maximum atomic E-state index is 13.4. The van der Waals surface area contributed by atoms with Gasteiger partial charge in [-0.3, -0.25) is 4.21 Å². The van der Waals surface area contributed by atoms with E-state index in [2.05, 4.69) is 10.6 Å². The molecule has 0 bridgehead atoms. The van der Waals surface area contributed by atoms with Crippen LogP contribution in [0.3, 0.4) is 0 Å². The lowest BCUT2D eigenvalue weighted by atomic mass is 10.2. The number of nitrogens with one attached hydrogen (secondary N) is 2. The van der Waals surface area contributed by atoms with Crippen LogP contribution in [0.15, 0.2) is 18.2 Å². The zero-order valence-corrected chi connectivity index (χ0v) is 11.8. The van der Waals surface area contributed by atoms with Crippen LogP contribution in [0, 0.1) is 5.82 Å². The lowest BCUT2D eigenvalue weighted by molar-refractivity contribution is 0.0697. The summed E-state index contributed by atoms with van der Waals surface area (Å²) in [5, 5.41) is 13.2. The summed E-state index contributed by atoms with van der Waals surface area (Å²) in [5.41, 5.74) is -0.364. The number of carboxylic acids is 1. The maximum absolute atomic E-state index is 13.4.